The highest BCUT2D eigenvalue weighted by Crippen LogP contribution is 2.53. The Hall–Kier alpha value is -4.46. The Labute approximate surface area is 265 Å². The Balaban J connectivity index is 1.76. The van der Waals surface area contributed by atoms with Crippen molar-refractivity contribution in [2.45, 2.75) is 84.4 Å². The summed E-state index contributed by atoms with van der Waals surface area (Å²) in [5.41, 5.74) is -1.04. The van der Waals surface area contributed by atoms with Crippen LogP contribution in [-0.2, 0) is 19.1 Å². The van der Waals surface area contributed by atoms with E-state index in [1.807, 2.05) is 0 Å². The maximum atomic E-state index is 13.5. The second kappa shape index (κ2) is 14.3. The number of phenolic OH excluding ortho intramolecular Hbond substituents is 3. The molecule has 1 amide bonds. The number of ketones is 1. The third kappa shape index (κ3) is 6.86. The SMILES string of the molecule is CC(=O)O[C@@H]1CCCCO[C@H]2Oc3c(C)c(O)c4c(O)c(c(C=O)c(O)c4c3C2=O)NC(=O)/C(C)=C\C=C\C[C@@H](O)C[C@H](O)[C@H]1C. The molecule has 0 fully saturated rings. The van der Waals surface area contributed by atoms with Gasteiger partial charge in [0.05, 0.1) is 41.0 Å². The van der Waals surface area contributed by atoms with Gasteiger partial charge in [0.1, 0.15) is 23.4 Å². The number of Topliss-reactive ketones (excluding diaryl/α,β-unsaturated/α-hetero) is 1. The Bertz CT molecular complexity index is 1610. The number of ether oxygens (including phenoxy) is 3. The molecule has 3 aliphatic heterocycles. The highest BCUT2D eigenvalue weighted by Gasteiger charge is 2.40. The molecule has 6 N–H and O–H groups in total. The predicted octanol–water partition coefficient (Wildman–Crippen LogP) is 3.69. The number of amides is 1. The number of nitrogens with one attached hydrogen (secondary N) is 1. The largest absolute Gasteiger partial charge is 0.507 e. The lowest BCUT2D eigenvalue weighted by Crippen LogP contribution is -2.35. The van der Waals surface area contributed by atoms with E-state index in [1.54, 1.807) is 13.0 Å². The quantitative estimate of drug-likeness (QED) is 0.120. The van der Waals surface area contributed by atoms with Gasteiger partial charge in [-0.3, -0.25) is 19.2 Å². The first-order valence-corrected chi connectivity index (χ1v) is 15.0. The number of carbonyl (C=O) groups excluding carboxylic acids is 4. The van der Waals surface area contributed by atoms with Gasteiger partial charge in [-0.2, -0.15) is 0 Å². The molecule has 3 aliphatic rings. The second-order valence-electron chi connectivity index (χ2n) is 11.6. The number of rotatable bonds is 2. The van der Waals surface area contributed by atoms with E-state index < -0.39 is 76.7 Å². The lowest BCUT2D eigenvalue weighted by atomic mass is 9.90. The number of hydrogen-bond acceptors (Lipinski definition) is 12. The van der Waals surface area contributed by atoms with Crippen molar-refractivity contribution in [3.63, 3.8) is 0 Å². The minimum Gasteiger partial charge on any atom is -0.507 e. The lowest BCUT2D eigenvalue weighted by Gasteiger charge is -2.28. The molecule has 0 unspecified atom stereocenters. The molecule has 0 saturated carbocycles. The number of benzene rings is 2. The number of aldehydes is 1. The van der Waals surface area contributed by atoms with Crippen molar-refractivity contribution in [2.75, 3.05) is 11.9 Å². The van der Waals surface area contributed by atoms with Crippen LogP contribution in [0.4, 0.5) is 5.69 Å². The molecule has 46 heavy (non-hydrogen) atoms. The van der Waals surface area contributed by atoms with Gasteiger partial charge in [-0.05, 0) is 46.0 Å². The van der Waals surface area contributed by atoms with Crippen LogP contribution >= 0.6 is 0 Å². The van der Waals surface area contributed by atoms with Crippen molar-refractivity contribution in [1.29, 1.82) is 0 Å². The number of anilines is 1. The number of aliphatic hydroxyl groups is 2. The first-order chi connectivity index (χ1) is 21.8. The molecular weight excluding hydrogens is 602 g/mol. The number of hydrogen-bond donors (Lipinski definition) is 6. The van der Waals surface area contributed by atoms with Crippen LogP contribution in [0.1, 0.15) is 79.2 Å². The standard InChI is InChI=1S/C33H39NO12/c1-15-9-5-6-10-19(37)13-21(38)16(2)22(45-18(4)36)11-7-8-12-44-33-30(42)25-23-24(27(39)17(3)31(25)46-33)29(41)26(34-32(15)43)20(14-35)28(23)40/h5-6,9,14,16,19,21-22,33,37-41H,7-8,10-13H2,1-4H3,(H,34,43)/b6-5+,15-9-/t16-,19-,21+,22-,33+/m1/s1. The fourth-order valence-electron chi connectivity index (χ4n) is 5.68. The van der Waals surface area contributed by atoms with Crippen LogP contribution in [-0.4, -0.2) is 80.7 Å². The third-order valence-electron chi connectivity index (χ3n) is 8.36. The van der Waals surface area contributed by atoms with Gasteiger partial charge in [0.15, 0.2) is 12.0 Å². The molecule has 5 bridgehead atoms. The third-order valence-corrected chi connectivity index (χ3v) is 8.36. The maximum absolute atomic E-state index is 13.5. The number of allylic oxidation sites excluding steroid dienone is 2. The van der Waals surface area contributed by atoms with E-state index in [1.165, 1.54) is 32.9 Å². The summed E-state index contributed by atoms with van der Waals surface area (Å²) in [5.74, 6) is -4.66. The molecule has 3 heterocycles. The molecule has 0 aromatic heterocycles. The molecule has 2 aromatic rings. The van der Waals surface area contributed by atoms with E-state index in [4.69, 9.17) is 14.2 Å². The van der Waals surface area contributed by atoms with Gasteiger partial charge in [0, 0.05) is 29.4 Å². The van der Waals surface area contributed by atoms with Gasteiger partial charge in [-0.15, -0.1) is 0 Å². The second-order valence-corrected chi connectivity index (χ2v) is 11.6. The van der Waals surface area contributed by atoms with E-state index in [-0.39, 0.29) is 59.0 Å². The highest BCUT2D eigenvalue weighted by molar-refractivity contribution is 6.22. The number of aliphatic hydroxyl groups excluding tert-OH is 2. The van der Waals surface area contributed by atoms with E-state index in [0.29, 0.717) is 19.3 Å². The summed E-state index contributed by atoms with van der Waals surface area (Å²) < 4.78 is 16.9. The summed E-state index contributed by atoms with van der Waals surface area (Å²) in [6, 6.07) is 0. The van der Waals surface area contributed by atoms with Crippen molar-refractivity contribution in [2.24, 2.45) is 5.92 Å². The number of aromatic hydroxyl groups is 3. The zero-order chi connectivity index (χ0) is 33.9. The maximum Gasteiger partial charge on any atom is 0.302 e. The van der Waals surface area contributed by atoms with Gasteiger partial charge in [-0.1, -0.05) is 25.2 Å². The van der Waals surface area contributed by atoms with Crippen LogP contribution in [0.2, 0.25) is 0 Å². The number of carbonyl (C=O) groups is 4. The minimum absolute atomic E-state index is 0.00420. The molecule has 2 aromatic carbocycles. The topological polar surface area (TPSA) is 209 Å². The van der Waals surface area contributed by atoms with E-state index >= 15 is 0 Å². The van der Waals surface area contributed by atoms with Crippen molar-refractivity contribution in [3.05, 3.63) is 40.5 Å². The van der Waals surface area contributed by atoms with Crippen molar-refractivity contribution < 1.29 is 58.9 Å². The summed E-state index contributed by atoms with van der Waals surface area (Å²) in [5, 5.41) is 56.4. The zero-order valence-electron chi connectivity index (χ0n) is 26.0. The van der Waals surface area contributed by atoms with Gasteiger partial charge in [0.25, 0.3) is 12.2 Å². The summed E-state index contributed by atoms with van der Waals surface area (Å²) in [4.78, 5) is 50.4. The molecule has 13 nitrogen and oxygen atoms in total. The van der Waals surface area contributed by atoms with Gasteiger partial charge >= 0.3 is 5.97 Å². The summed E-state index contributed by atoms with van der Waals surface area (Å²) >= 11 is 0. The lowest BCUT2D eigenvalue weighted by molar-refractivity contribution is -0.152. The Morgan fingerprint density at radius 3 is 2.46 bits per heavy atom. The van der Waals surface area contributed by atoms with E-state index in [9.17, 15) is 44.7 Å². The molecule has 0 saturated heterocycles. The summed E-state index contributed by atoms with van der Waals surface area (Å²) in [7, 11) is 0. The molecule has 0 aliphatic carbocycles. The molecule has 5 rings (SSSR count). The predicted molar refractivity (Wildman–Crippen MR) is 165 cm³/mol. The van der Waals surface area contributed by atoms with Crippen LogP contribution in [0.25, 0.3) is 10.8 Å². The Kier molecular flexibility index (Phi) is 10.7. The number of fused-ring (bicyclic) bond motifs is 15. The van der Waals surface area contributed by atoms with Crippen molar-refractivity contribution >= 4 is 40.4 Å². The molecular formula is C33H39NO12. The smallest absolute Gasteiger partial charge is 0.302 e. The summed E-state index contributed by atoms with van der Waals surface area (Å²) in [6.45, 7) is 5.90. The van der Waals surface area contributed by atoms with Crippen LogP contribution in [0.3, 0.4) is 0 Å². The zero-order valence-corrected chi connectivity index (χ0v) is 26.0. The van der Waals surface area contributed by atoms with Crippen LogP contribution < -0.4 is 10.1 Å². The number of phenols is 3. The molecule has 248 valence electrons. The Morgan fingerprint density at radius 2 is 1.78 bits per heavy atom. The fraction of sp³-hybridized carbons (Fsp3) is 0.455. The van der Waals surface area contributed by atoms with Crippen LogP contribution in [0.5, 0.6) is 23.0 Å². The molecule has 0 radical (unpaired) electrons. The normalized spacial score (nSPS) is 26.7. The average Bonchev–Trinajstić information content (AvgIpc) is 3.33. The summed E-state index contributed by atoms with van der Waals surface area (Å²) in [6.07, 6.45) is 2.07. The first-order valence-electron chi connectivity index (χ1n) is 15.0. The van der Waals surface area contributed by atoms with Gasteiger partial charge in [0.2, 0.25) is 5.78 Å². The monoisotopic (exact) mass is 641 g/mol. The number of esters is 1. The average molecular weight is 642 g/mol. The van der Waals surface area contributed by atoms with Crippen molar-refractivity contribution in [1.82, 2.24) is 0 Å². The molecule has 0 spiro atoms. The van der Waals surface area contributed by atoms with Crippen molar-refractivity contribution in [3.8, 4) is 23.0 Å². The van der Waals surface area contributed by atoms with Crippen LogP contribution in [0.15, 0.2) is 23.8 Å². The first kappa shape index (κ1) is 34.4. The Morgan fingerprint density at radius 1 is 1.07 bits per heavy atom. The molecule has 13 heteroatoms. The van der Waals surface area contributed by atoms with E-state index in [0.717, 1.165) is 0 Å². The van der Waals surface area contributed by atoms with Gasteiger partial charge in [-0.25, -0.2) is 0 Å². The van der Waals surface area contributed by atoms with Gasteiger partial charge < -0.3 is 45.1 Å². The minimum atomic E-state index is -1.46. The molecule has 5 atom stereocenters. The van der Waals surface area contributed by atoms with Crippen LogP contribution in [0, 0.1) is 12.8 Å². The highest BCUT2D eigenvalue weighted by atomic mass is 16.7. The van der Waals surface area contributed by atoms with E-state index in [2.05, 4.69) is 5.32 Å². The fourth-order valence-corrected chi connectivity index (χ4v) is 5.68.